The van der Waals surface area contributed by atoms with Gasteiger partial charge >= 0.3 is 33.0 Å². The van der Waals surface area contributed by atoms with Crippen molar-refractivity contribution in [2.75, 3.05) is 0 Å². The molecule has 0 atom stereocenters. The maximum atomic E-state index is 9.87. The molecule has 0 fully saturated rings. The van der Waals surface area contributed by atoms with Crippen molar-refractivity contribution in [1.29, 1.82) is 0 Å². The van der Waals surface area contributed by atoms with Gasteiger partial charge in [0.1, 0.15) is 0 Å². The number of imidazole rings is 1. The maximum Gasteiger partial charge on any atom is 0 e. The number of pyridine rings is 5. The summed E-state index contributed by atoms with van der Waals surface area (Å²) in [5, 5.41) is 0. The summed E-state index contributed by atoms with van der Waals surface area (Å²) in [4.78, 5) is 31.3. The van der Waals surface area contributed by atoms with Crippen LogP contribution in [0.4, 0.5) is 25.2 Å². The predicted octanol–water partition coefficient (Wildman–Crippen LogP) is 8.79. The van der Waals surface area contributed by atoms with E-state index in [-0.39, 0.29) is 18.6 Å². The first-order valence-electron chi connectivity index (χ1n) is 13.7. The number of hydrogen-bond donors (Lipinski definition) is 0. The van der Waals surface area contributed by atoms with Crippen molar-refractivity contribution < 1.29 is 43.7 Å². The first-order valence-corrected chi connectivity index (χ1v) is 15.7. The number of aromatic nitrogens is 7. The van der Waals surface area contributed by atoms with Crippen LogP contribution in [-0.2, 0) is 29.4 Å². The van der Waals surface area contributed by atoms with Crippen LogP contribution in [0.2, 0.25) is 0 Å². The first kappa shape index (κ1) is 37.0. The number of rotatable bonds is 6. The molecule has 47 heavy (non-hydrogen) atoms. The summed E-state index contributed by atoms with van der Waals surface area (Å²) in [5.41, 5.74) is 3.97. The molecular weight excluding hydrogens is 678 g/mol. The predicted molar refractivity (Wildman–Crippen MR) is 163 cm³/mol. The first-order chi connectivity index (χ1) is 21.6. The second kappa shape index (κ2) is 14.1. The van der Waals surface area contributed by atoms with E-state index in [4.69, 9.17) is 24.9 Å². The minimum Gasteiger partial charge on any atom is -0.450 e. The molecule has 7 nitrogen and oxygen atoms in total. The Labute approximate surface area is 279 Å². The van der Waals surface area contributed by atoms with Gasteiger partial charge in [0.2, 0.25) is 0 Å². The van der Waals surface area contributed by atoms with E-state index in [0.29, 0.717) is 0 Å². The zero-order valence-corrected chi connectivity index (χ0v) is 27.3. The Morgan fingerprint density at radius 2 is 0.809 bits per heavy atom. The van der Waals surface area contributed by atoms with Crippen LogP contribution in [0, 0.1) is 0 Å². The molecule has 0 aromatic carbocycles. The second-order valence-corrected chi connectivity index (χ2v) is 12.1. The molecule has 15 heteroatoms. The van der Waals surface area contributed by atoms with E-state index in [9.17, 15) is 25.2 Å². The number of halogens is 6. The topological polar surface area (TPSA) is 91.4 Å². The van der Waals surface area contributed by atoms with Crippen LogP contribution < -0.4 is 4.98 Å². The van der Waals surface area contributed by atoms with Crippen molar-refractivity contribution in [2.45, 2.75) is 24.7 Å². The molecular formula is C32H28F6N7PV-2. The zero-order chi connectivity index (χ0) is 33.4. The van der Waals surface area contributed by atoms with Gasteiger partial charge in [-0.2, -0.15) is 0 Å². The molecule has 0 unspecified atom stereocenters. The molecule has 0 aliphatic rings. The van der Waals surface area contributed by atoms with Gasteiger partial charge in [-0.3, -0.25) is 24.9 Å². The van der Waals surface area contributed by atoms with Crippen LogP contribution in [0.25, 0.3) is 0 Å². The Morgan fingerprint density at radius 3 is 1.02 bits per heavy atom. The molecule has 6 rings (SSSR count). The molecule has 0 saturated heterocycles. The summed E-state index contributed by atoms with van der Waals surface area (Å²) in [5.74, 6) is 0. The van der Waals surface area contributed by atoms with Crippen LogP contribution in [0.5, 0.6) is 0 Å². The van der Waals surface area contributed by atoms with Crippen LogP contribution >= 0.6 is 7.81 Å². The molecule has 6 aromatic heterocycles. The summed E-state index contributed by atoms with van der Waals surface area (Å²) in [6.07, 6.45) is 12.0. The Hall–Kier alpha value is -4.45. The van der Waals surface area contributed by atoms with Crippen molar-refractivity contribution in [3.63, 3.8) is 0 Å². The van der Waals surface area contributed by atoms with Gasteiger partial charge in [-0.05, 0) is 74.5 Å². The Bertz CT molecular complexity index is 1590. The van der Waals surface area contributed by atoms with Crippen LogP contribution in [0.3, 0.4) is 0 Å². The summed E-state index contributed by atoms with van der Waals surface area (Å²) in [6, 6.07) is 29.9. The molecule has 0 spiro atoms. The van der Waals surface area contributed by atoms with Gasteiger partial charge in [0.25, 0.3) is 0 Å². The smallest absolute Gasteiger partial charge is 0 e. The summed E-state index contributed by atoms with van der Waals surface area (Å²) < 4.78 is 59.2. The summed E-state index contributed by atoms with van der Waals surface area (Å²) in [7, 11) is -10.7. The number of hydrogen-bond acceptors (Lipinski definition) is 6. The van der Waals surface area contributed by atoms with Crippen molar-refractivity contribution in [3.8, 4) is 0 Å². The van der Waals surface area contributed by atoms with Crippen molar-refractivity contribution >= 4 is 7.81 Å². The fraction of sp³-hybridized carbons (Fsp3) is 0.125. The van der Waals surface area contributed by atoms with Gasteiger partial charge in [-0.1, -0.05) is 49.1 Å². The van der Waals surface area contributed by atoms with Gasteiger partial charge < -0.3 is 9.97 Å². The molecule has 0 bridgehead atoms. The summed E-state index contributed by atoms with van der Waals surface area (Å²) >= 11 is 0. The maximum absolute atomic E-state index is 10.7. The molecule has 6 heterocycles. The van der Waals surface area contributed by atoms with E-state index >= 15 is 0 Å². The Kier molecular flexibility index (Phi) is 11.1. The van der Waals surface area contributed by atoms with E-state index in [2.05, 4.69) is 23.8 Å². The van der Waals surface area contributed by atoms with Crippen molar-refractivity contribution in [1.82, 2.24) is 34.9 Å². The Morgan fingerprint density at radius 1 is 0.489 bits per heavy atom. The normalized spacial score (nSPS) is 12.9. The zero-order valence-electron chi connectivity index (χ0n) is 25.0. The molecule has 0 aliphatic carbocycles. The minimum absolute atomic E-state index is 0. The third-order valence-corrected chi connectivity index (χ3v) is 6.85. The molecule has 0 N–H and O–H groups in total. The molecule has 0 aliphatic heterocycles. The minimum atomic E-state index is -10.7. The van der Waals surface area contributed by atoms with Crippen LogP contribution in [-0.4, -0.2) is 29.9 Å². The van der Waals surface area contributed by atoms with Crippen molar-refractivity contribution in [3.05, 3.63) is 169 Å². The van der Waals surface area contributed by atoms with Gasteiger partial charge in [-0.25, -0.2) is 0 Å². The standard InChI is InChI=1S/C29H25N5.C3H3N2.F6P.V/c1-28(22-12-3-7-18-30-22,23-13-4-8-19-31-23)26-16-11-17-27(34-26)29(2,24-14-5-9-20-32-24)25-15-6-10-21-33-25;1-2-5-3-4-1;1-7(2,3,4,5)6;/h3-21H,1-2H3;1-3H;;/q;2*-1;. The van der Waals surface area contributed by atoms with Crippen molar-refractivity contribution in [2.24, 2.45) is 0 Å². The second-order valence-electron chi connectivity index (χ2n) is 10.2. The van der Waals surface area contributed by atoms with Crippen LogP contribution in [0.15, 0.2) is 135 Å². The van der Waals surface area contributed by atoms with Gasteiger partial charge in [0.15, 0.2) is 0 Å². The van der Waals surface area contributed by atoms with E-state index in [1.807, 2.05) is 116 Å². The van der Waals surface area contributed by atoms with Gasteiger partial charge in [0.05, 0.1) is 45.0 Å². The average Bonchev–Trinajstić information content (AvgIpc) is 3.65. The van der Waals surface area contributed by atoms with Crippen LogP contribution in [0.1, 0.15) is 48.0 Å². The molecule has 1 radical (unpaired) electrons. The molecule has 0 saturated carbocycles. The largest absolute Gasteiger partial charge is 0.450 e. The molecule has 6 aromatic rings. The SMILES string of the molecule is CC(c1ccccn1)(c1ccccn1)c1cccc(C(C)(c2ccccn2)c2ccccn2)n1.F[P-](F)(F)(F)(F)F.[V].c1c[n-]cn1. The fourth-order valence-corrected chi connectivity index (χ4v) is 4.61. The number of nitrogens with zero attached hydrogens (tertiary/aromatic N) is 7. The van der Waals surface area contributed by atoms with Gasteiger partial charge in [0, 0.05) is 43.3 Å². The molecule has 245 valence electrons. The average molecular weight is 707 g/mol. The van der Waals surface area contributed by atoms with E-state index in [1.165, 1.54) is 6.33 Å². The van der Waals surface area contributed by atoms with E-state index in [0.717, 1.165) is 34.2 Å². The third kappa shape index (κ3) is 10.5. The van der Waals surface area contributed by atoms with E-state index < -0.39 is 18.6 Å². The Balaban J connectivity index is 0.000000391. The quantitative estimate of drug-likeness (QED) is 0.126. The molecule has 0 amide bonds. The summed E-state index contributed by atoms with van der Waals surface area (Å²) in [6.45, 7) is 4.26. The van der Waals surface area contributed by atoms with Gasteiger partial charge in [-0.15, -0.1) is 0 Å². The fourth-order valence-electron chi connectivity index (χ4n) is 4.61. The van der Waals surface area contributed by atoms with E-state index in [1.54, 1.807) is 12.4 Å². The monoisotopic (exact) mass is 706 g/mol. The third-order valence-electron chi connectivity index (χ3n) is 6.85.